The van der Waals surface area contributed by atoms with Gasteiger partial charge in [-0.1, -0.05) is 58.9 Å². The van der Waals surface area contributed by atoms with Gasteiger partial charge < -0.3 is 9.96 Å². The van der Waals surface area contributed by atoms with Crippen LogP contribution >= 0.6 is 0 Å². The second kappa shape index (κ2) is 6.33. The van der Waals surface area contributed by atoms with Gasteiger partial charge in [0.25, 0.3) is 0 Å². The summed E-state index contributed by atoms with van der Waals surface area (Å²) in [6.07, 6.45) is 0. The molecule has 0 fully saturated rings. The second-order valence-corrected chi connectivity index (χ2v) is 7.69. The molecule has 17 heavy (non-hydrogen) atoms. The van der Waals surface area contributed by atoms with Gasteiger partial charge in [0, 0.05) is 0 Å². The Morgan fingerprint density at radius 3 is 2.00 bits per heavy atom. The van der Waals surface area contributed by atoms with Crippen molar-refractivity contribution in [2.75, 3.05) is 13.1 Å². The van der Waals surface area contributed by atoms with Gasteiger partial charge in [-0.05, 0) is 29.3 Å². The minimum Gasteiger partial charge on any atom is -0.325 e. The SMILES string of the molecule is CCN[SiH](NCC)c1ccccc1C(C)(C)C. The van der Waals surface area contributed by atoms with E-state index in [-0.39, 0.29) is 5.41 Å². The van der Waals surface area contributed by atoms with Gasteiger partial charge in [0.2, 0.25) is 9.12 Å². The molecule has 0 saturated carbocycles. The van der Waals surface area contributed by atoms with Gasteiger partial charge in [-0.25, -0.2) is 0 Å². The number of rotatable bonds is 5. The molecule has 3 heteroatoms. The molecule has 0 heterocycles. The summed E-state index contributed by atoms with van der Waals surface area (Å²) in [7, 11) is -1.23. The first kappa shape index (κ1) is 14.4. The number of nitrogens with one attached hydrogen (secondary N) is 2. The zero-order chi connectivity index (χ0) is 12.9. The van der Waals surface area contributed by atoms with Crippen LogP contribution in [0.2, 0.25) is 0 Å². The molecular formula is C14H26N2Si. The third-order valence-corrected chi connectivity index (χ3v) is 5.65. The average Bonchev–Trinajstić information content (AvgIpc) is 2.28. The van der Waals surface area contributed by atoms with E-state index in [9.17, 15) is 0 Å². The molecule has 0 unspecified atom stereocenters. The Labute approximate surface area is 108 Å². The van der Waals surface area contributed by atoms with Crippen LogP contribution in [0.3, 0.4) is 0 Å². The molecule has 1 rings (SSSR count). The molecule has 2 N–H and O–H groups in total. The summed E-state index contributed by atoms with van der Waals surface area (Å²) in [6, 6.07) is 8.85. The highest BCUT2D eigenvalue weighted by Crippen LogP contribution is 2.20. The lowest BCUT2D eigenvalue weighted by Gasteiger charge is -2.27. The van der Waals surface area contributed by atoms with Gasteiger partial charge in [0.15, 0.2) is 0 Å². The van der Waals surface area contributed by atoms with E-state index in [2.05, 4.69) is 68.8 Å². The highest BCUT2D eigenvalue weighted by atomic mass is 28.3. The first-order valence-electron chi connectivity index (χ1n) is 6.56. The Bertz CT molecular complexity index is 338. The Kier molecular flexibility index (Phi) is 5.37. The van der Waals surface area contributed by atoms with Crippen LogP contribution < -0.4 is 15.2 Å². The Morgan fingerprint density at radius 1 is 1.00 bits per heavy atom. The fourth-order valence-corrected chi connectivity index (χ4v) is 4.68. The van der Waals surface area contributed by atoms with E-state index in [1.807, 2.05) is 0 Å². The third kappa shape index (κ3) is 3.94. The second-order valence-electron chi connectivity index (χ2n) is 5.39. The van der Waals surface area contributed by atoms with E-state index in [1.54, 1.807) is 0 Å². The predicted octanol–water partition coefficient (Wildman–Crippen LogP) is 1.63. The quantitative estimate of drug-likeness (QED) is 0.776. The molecule has 0 aliphatic heterocycles. The van der Waals surface area contributed by atoms with Crippen LogP contribution in [0.15, 0.2) is 24.3 Å². The standard InChI is InChI=1S/C14H26N2Si/c1-6-15-17(16-7-2)13-11-9-8-10-12(13)14(3,4)5/h8-11,15-17H,6-7H2,1-5H3. The smallest absolute Gasteiger partial charge is 0.217 e. The molecule has 0 aliphatic rings. The maximum atomic E-state index is 3.64. The van der Waals surface area contributed by atoms with Gasteiger partial charge in [-0.2, -0.15) is 0 Å². The molecule has 0 atom stereocenters. The number of benzene rings is 1. The summed E-state index contributed by atoms with van der Waals surface area (Å²) >= 11 is 0. The van der Waals surface area contributed by atoms with Crippen LogP contribution in [0.4, 0.5) is 0 Å². The van der Waals surface area contributed by atoms with Crippen molar-refractivity contribution >= 4 is 14.3 Å². The van der Waals surface area contributed by atoms with Crippen LogP contribution in [0.5, 0.6) is 0 Å². The van der Waals surface area contributed by atoms with E-state index in [1.165, 1.54) is 10.8 Å². The van der Waals surface area contributed by atoms with Crippen LogP contribution in [0, 0.1) is 0 Å². The average molecular weight is 250 g/mol. The minimum atomic E-state index is -1.23. The van der Waals surface area contributed by atoms with Crippen molar-refractivity contribution in [1.29, 1.82) is 0 Å². The lowest BCUT2D eigenvalue weighted by atomic mass is 9.87. The van der Waals surface area contributed by atoms with Gasteiger partial charge >= 0.3 is 0 Å². The Balaban J connectivity index is 3.09. The lowest BCUT2D eigenvalue weighted by molar-refractivity contribution is 0.593. The van der Waals surface area contributed by atoms with Crippen LogP contribution in [0.25, 0.3) is 0 Å². The van der Waals surface area contributed by atoms with Gasteiger partial charge in [-0.3, -0.25) is 0 Å². The summed E-state index contributed by atoms with van der Waals surface area (Å²) in [5, 5.41) is 1.50. The fraction of sp³-hybridized carbons (Fsp3) is 0.571. The molecule has 96 valence electrons. The topological polar surface area (TPSA) is 24.1 Å². The first-order chi connectivity index (χ1) is 8.00. The highest BCUT2D eigenvalue weighted by molar-refractivity contribution is 6.69. The minimum absolute atomic E-state index is 0.215. The molecule has 1 aromatic carbocycles. The molecule has 0 radical (unpaired) electrons. The van der Waals surface area contributed by atoms with Crippen LogP contribution in [0.1, 0.15) is 40.2 Å². The molecule has 2 nitrogen and oxygen atoms in total. The molecule has 0 saturated heterocycles. The van der Waals surface area contributed by atoms with Crippen LogP contribution in [-0.4, -0.2) is 22.2 Å². The van der Waals surface area contributed by atoms with Gasteiger partial charge in [0.1, 0.15) is 0 Å². The van der Waals surface area contributed by atoms with Crippen molar-refractivity contribution in [3.8, 4) is 0 Å². The Hall–Kier alpha value is -0.643. The molecule has 0 amide bonds. The van der Waals surface area contributed by atoms with Crippen molar-refractivity contribution in [1.82, 2.24) is 9.96 Å². The van der Waals surface area contributed by atoms with E-state index in [0.29, 0.717) is 0 Å². The Morgan fingerprint density at radius 2 is 1.53 bits per heavy atom. The summed E-state index contributed by atoms with van der Waals surface area (Å²) in [5.74, 6) is 0. The van der Waals surface area contributed by atoms with Crippen molar-refractivity contribution in [3.05, 3.63) is 29.8 Å². The maximum Gasteiger partial charge on any atom is 0.217 e. The molecule has 0 bridgehead atoms. The molecular weight excluding hydrogens is 224 g/mol. The first-order valence-corrected chi connectivity index (χ1v) is 8.30. The highest BCUT2D eigenvalue weighted by Gasteiger charge is 2.22. The summed E-state index contributed by atoms with van der Waals surface area (Å²) < 4.78 is 0. The molecule has 1 aromatic rings. The van der Waals surface area contributed by atoms with Crippen LogP contribution in [-0.2, 0) is 5.41 Å². The van der Waals surface area contributed by atoms with Gasteiger partial charge in [0.05, 0.1) is 0 Å². The predicted molar refractivity (Wildman–Crippen MR) is 79.3 cm³/mol. The van der Waals surface area contributed by atoms with Gasteiger partial charge in [-0.15, -0.1) is 0 Å². The van der Waals surface area contributed by atoms with E-state index in [4.69, 9.17) is 0 Å². The van der Waals surface area contributed by atoms with Crippen molar-refractivity contribution < 1.29 is 0 Å². The zero-order valence-electron chi connectivity index (χ0n) is 11.8. The summed E-state index contributed by atoms with van der Waals surface area (Å²) in [6.45, 7) is 13.3. The van der Waals surface area contributed by atoms with Crippen molar-refractivity contribution in [2.24, 2.45) is 0 Å². The number of hydrogen-bond donors (Lipinski definition) is 2. The lowest BCUT2D eigenvalue weighted by Crippen LogP contribution is -2.57. The number of hydrogen-bond acceptors (Lipinski definition) is 2. The zero-order valence-corrected chi connectivity index (χ0v) is 13.0. The normalized spacial score (nSPS) is 12.1. The maximum absolute atomic E-state index is 3.64. The molecule has 0 aromatic heterocycles. The summed E-state index contributed by atoms with van der Waals surface area (Å²) in [5.41, 5.74) is 1.69. The summed E-state index contributed by atoms with van der Waals surface area (Å²) in [4.78, 5) is 7.28. The largest absolute Gasteiger partial charge is 0.325 e. The van der Waals surface area contributed by atoms with Crippen molar-refractivity contribution in [2.45, 2.75) is 40.0 Å². The molecule has 0 aliphatic carbocycles. The van der Waals surface area contributed by atoms with E-state index < -0.39 is 9.12 Å². The fourth-order valence-electron chi connectivity index (χ4n) is 2.13. The van der Waals surface area contributed by atoms with E-state index in [0.717, 1.165) is 13.1 Å². The van der Waals surface area contributed by atoms with Crippen molar-refractivity contribution in [3.63, 3.8) is 0 Å². The van der Waals surface area contributed by atoms with E-state index >= 15 is 0 Å². The molecule has 0 spiro atoms. The third-order valence-electron chi connectivity index (χ3n) is 2.90. The monoisotopic (exact) mass is 250 g/mol.